The molecule has 0 bridgehead atoms. The minimum absolute atomic E-state index is 0.575. The number of hydrogen-bond donors (Lipinski definition) is 1. The largest absolute Gasteiger partial charge is 0.588 e. The Morgan fingerprint density at radius 3 is 2.08 bits per heavy atom. The van der Waals surface area contributed by atoms with Gasteiger partial charge in [-0.25, -0.2) is 0 Å². The molecular formula is C5H15N3O4P+. The third-order valence-corrected chi connectivity index (χ3v) is 1.25. The van der Waals surface area contributed by atoms with E-state index in [1.54, 1.807) is 0 Å². The van der Waals surface area contributed by atoms with Crippen molar-refractivity contribution in [2.24, 2.45) is 0 Å². The zero-order chi connectivity index (χ0) is 10.9. The highest BCUT2D eigenvalue weighted by Crippen LogP contribution is 1.96. The van der Waals surface area contributed by atoms with Crippen LogP contribution in [0.3, 0.4) is 0 Å². The quantitative estimate of drug-likeness (QED) is 0.243. The molecule has 0 saturated heterocycles. The second-order valence-electron chi connectivity index (χ2n) is 3.20. The molecule has 0 aliphatic heterocycles. The van der Waals surface area contributed by atoms with E-state index in [2.05, 4.69) is 25.7 Å². The summed E-state index contributed by atoms with van der Waals surface area (Å²) in [6, 6.07) is 0. The van der Waals surface area contributed by atoms with E-state index in [0.717, 1.165) is 11.0 Å². The SMILES string of the molecule is C[N+](C)(C)CCO[PH+]=O.N=[N+]([O-])[O-]. The van der Waals surface area contributed by atoms with Crippen LogP contribution in [0.2, 0.25) is 0 Å². The van der Waals surface area contributed by atoms with Crippen molar-refractivity contribution in [2.45, 2.75) is 0 Å². The number of nitrogens with zero attached hydrogens (tertiary/aromatic N) is 2. The molecule has 0 rings (SSSR count). The second-order valence-corrected chi connectivity index (χ2v) is 3.66. The van der Waals surface area contributed by atoms with Crippen LogP contribution in [-0.2, 0) is 9.09 Å². The van der Waals surface area contributed by atoms with Crippen LogP contribution in [0, 0.1) is 15.9 Å². The molecule has 78 valence electrons. The van der Waals surface area contributed by atoms with Crippen molar-refractivity contribution < 1.29 is 18.6 Å². The van der Waals surface area contributed by atoms with Crippen molar-refractivity contribution in [3.05, 3.63) is 10.4 Å². The fourth-order valence-corrected chi connectivity index (χ4v) is 0.536. The molecule has 0 aliphatic rings. The summed E-state index contributed by atoms with van der Waals surface area (Å²) in [7, 11) is 5.58. The third kappa shape index (κ3) is 35.0. The van der Waals surface area contributed by atoms with E-state index in [4.69, 9.17) is 15.9 Å². The Hall–Kier alpha value is -0.780. The maximum Gasteiger partial charge on any atom is 0.494 e. The fraction of sp³-hybridized carbons (Fsp3) is 1.00. The molecule has 0 radical (unpaired) electrons. The first-order chi connectivity index (χ1) is 5.79. The van der Waals surface area contributed by atoms with Crippen molar-refractivity contribution >= 4 is 8.69 Å². The molecule has 1 atom stereocenters. The molecule has 0 amide bonds. The van der Waals surface area contributed by atoms with Gasteiger partial charge in [0.05, 0.1) is 21.1 Å². The molecule has 0 fully saturated rings. The van der Waals surface area contributed by atoms with Crippen LogP contribution in [0.4, 0.5) is 0 Å². The van der Waals surface area contributed by atoms with Gasteiger partial charge >= 0.3 is 8.69 Å². The van der Waals surface area contributed by atoms with Gasteiger partial charge in [-0.3, -0.25) is 0 Å². The summed E-state index contributed by atoms with van der Waals surface area (Å²) in [4.78, 5) is 0. The van der Waals surface area contributed by atoms with E-state index in [9.17, 15) is 4.57 Å². The van der Waals surface area contributed by atoms with E-state index in [1.165, 1.54) is 0 Å². The van der Waals surface area contributed by atoms with Crippen molar-refractivity contribution in [1.29, 1.82) is 5.53 Å². The number of likely N-dealkylation sites (N-methyl/N-ethyl adjacent to an activating group) is 1. The summed E-state index contributed by atoms with van der Waals surface area (Å²) in [6.45, 7) is 1.47. The van der Waals surface area contributed by atoms with Crippen LogP contribution < -0.4 is 0 Å². The van der Waals surface area contributed by atoms with E-state index >= 15 is 0 Å². The lowest BCUT2D eigenvalue weighted by molar-refractivity contribution is -0.870. The molecule has 1 unspecified atom stereocenters. The average Bonchev–Trinajstić information content (AvgIpc) is 1.83. The topological polar surface area (TPSA) is 99.3 Å². The highest BCUT2D eigenvalue weighted by molar-refractivity contribution is 7.17. The van der Waals surface area contributed by atoms with Gasteiger partial charge in [0.25, 0.3) is 0 Å². The summed E-state index contributed by atoms with van der Waals surface area (Å²) in [6.07, 6.45) is 0. The molecule has 13 heavy (non-hydrogen) atoms. The lowest BCUT2D eigenvalue weighted by Crippen LogP contribution is -2.37. The fourth-order valence-electron chi connectivity index (χ4n) is 0.361. The van der Waals surface area contributed by atoms with Crippen LogP contribution >= 0.6 is 8.69 Å². The Bertz CT molecular complexity index is 154. The van der Waals surface area contributed by atoms with Crippen LogP contribution in [0.5, 0.6) is 0 Å². The average molecular weight is 212 g/mol. The lowest BCUT2D eigenvalue weighted by Gasteiger charge is -2.21. The standard InChI is InChI=1S/C5H14NO2P.HN2O2/c1-6(2,3)4-5-8-9-7;1-2(3)4/h9H,4-5H2,1-3H3;(H-,1,3,4)/q+2;-1. The van der Waals surface area contributed by atoms with Crippen molar-refractivity contribution in [2.75, 3.05) is 34.3 Å². The Balaban J connectivity index is 0. The summed E-state index contributed by atoms with van der Waals surface area (Å²) in [5, 5.41) is 15.7. The van der Waals surface area contributed by atoms with E-state index in [-0.39, 0.29) is 0 Å². The third-order valence-electron chi connectivity index (χ3n) is 0.923. The number of nitrogens with one attached hydrogen (secondary N) is 1. The lowest BCUT2D eigenvalue weighted by atomic mass is 10.5. The molecule has 8 heteroatoms. The highest BCUT2D eigenvalue weighted by atomic mass is 31.1. The van der Waals surface area contributed by atoms with E-state index in [0.29, 0.717) is 6.61 Å². The minimum atomic E-state index is -1.25. The molecule has 0 aromatic heterocycles. The first kappa shape index (κ1) is 14.7. The van der Waals surface area contributed by atoms with Gasteiger partial charge in [0, 0.05) is 0 Å². The molecule has 0 aromatic carbocycles. The van der Waals surface area contributed by atoms with Gasteiger partial charge in [-0.15, -0.1) is 4.52 Å². The Morgan fingerprint density at radius 2 is 1.85 bits per heavy atom. The maximum atomic E-state index is 9.81. The Labute approximate surface area is 78.4 Å². The minimum Gasteiger partial charge on any atom is -0.588 e. The molecule has 0 aliphatic carbocycles. The molecule has 1 N–H and O–H groups in total. The smallest absolute Gasteiger partial charge is 0.494 e. The monoisotopic (exact) mass is 212 g/mol. The zero-order valence-electron chi connectivity index (χ0n) is 7.94. The van der Waals surface area contributed by atoms with Crippen LogP contribution in [0.1, 0.15) is 0 Å². The van der Waals surface area contributed by atoms with Gasteiger partial charge in [-0.2, -0.15) is 0 Å². The summed E-state index contributed by atoms with van der Waals surface area (Å²) >= 11 is 0. The van der Waals surface area contributed by atoms with Crippen LogP contribution in [-0.4, -0.2) is 43.8 Å². The molecule has 0 spiro atoms. The first-order valence-corrected chi connectivity index (χ1v) is 4.26. The van der Waals surface area contributed by atoms with Gasteiger partial charge in [0.1, 0.15) is 6.54 Å². The number of hydrogen-bond acceptors (Lipinski definition) is 5. The summed E-state index contributed by atoms with van der Waals surface area (Å²) < 4.78 is 15.3. The molecule has 0 heterocycles. The summed E-state index contributed by atoms with van der Waals surface area (Å²) in [5.41, 5.74) is 5.31. The number of quaternary nitrogens is 1. The molecule has 7 nitrogen and oxygen atoms in total. The predicted octanol–water partition coefficient (Wildman–Crippen LogP) is 0.674. The van der Waals surface area contributed by atoms with Gasteiger partial charge in [-0.1, -0.05) is 5.02 Å². The van der Waals surface area contributed by atoms with Gasteiger partial charge in [0.2, 0.25) is 0 Å². The predicted molar refractivity (Wildman–Crippen MR) is 47.6 cm³/mol. The van der Waals surface area contributed by atoms with Crippen molar-refractivity contribution in [3.63, 3.8) is 0 Å². The number of rotatable bonds is 4. The van der Waals surface area contributed by atoms with Gasteiger partial charge in [0.15, 0.2) is 6.61 Å². The molecular weight excluding hydrogens is 197 g/mol. The van der Waals surface area contributed by atoms with Crippen LogP contribution in [0.25, 0.3) is 0 Å². The maximum absolute atomic E-state index is 9.81. The molecule has 0 saturated carbocycles. The highest BCUT2D eigenvalue weighted by Gasteiger charge is 2.06. The summed E-state index contributed by atoms with van der Waals surface area (Å²) in [5.74, 6) is 0. The first-order valence-electron chi connectivity index (χ1n) is 3.44. The van der Waals surface area contributed by atoms with Gasteiger partial charge in [-0.05, 0) is 10.1 Å². The van der Waals surface area contributed by atoms with E-state index < -0.39 is 13.7 Å². The Morgan fingerprint density at radius 1 is 1.46 bits per heavy atom. The normalized spacial score (nSPS) is 10.4. The zero-order valence-corrected chi connectivity index (χ0v) is 8.94. The van der Waals surface area contributed by atoms with Crippen molar-refractivity contribution in [3.8, 4) is 0 Å². The van der Waals surface area contributed by atoms with Gasteiger partial charge < -0.3 is 14.9 Å². The van der Waals surface area contributed by atoms with Crippen molar-refractivity contribution in [1.82, 2.24) is 0 Å². The molecule has 0 aromatic rings. The van der Waals surface area contributed by atoms with E-state index in [1.807, 2.05) is 0 Å². The van der Waals surface area contributed by atoms with Crippen LogP contribution in [0.15, 0.2) is 0 Å². The second kappa shape index (κ2) is 7.85. The Kier molecular flexibility index (Phi) is 8.89.